The van der Waals surface area contributed by atoms with E-state index in [4.69, 9.17) is 0 Å². The Bertz CT molecular complexity index is 512. The van der Waals surface area contributed by atoms with Crippen LogP contribution in [0.1, 0.15) is 88.2 Å². The van der Waals surface area contributed by atoms with Gasteiger partial charge in [0.25, 0.3) is 0 Å². The van der Waals surface area contributed by atoms with Gasteiger partial charge in [0.15, 0.2) is 0 Å². The van der Waals surface area contributed by atoms with Crippen molar-refractivity contribution >= 4 is 0 Å². The second-order valence-electron chi connectivity index (χ2n) is 9.01. The van der Waals surface area contributed by atoms with Crippen molar-refractivity contribution in [3.63, 3.8) is 0 Å². The van der Waals surface area contributed by atoms with Gasteiger partial charge in [-0.25, -0.2) is 0 Å². The molecule has 0 aromatic heterocycles. The van der Waals surface area contributed by atoms with E-state index in [2.05, 4.69) is 57.9 Å². The summed E-state index contributed by atoms with van der Waals surface area (Å²) in [5.41, 5.74) is 3.10. The Hall–Kier alpha value is -0.350. The second kappa shape index (κ2) is 13.0. The van der Waals surface area contributed by atoms with Gasteiger partial charge in [-0.15, -0.1) is 0 Å². The number of rotatable bonds is 11. The quantitative estimate of drug-likeness (QED) is 0.194. The van der Waals surface area contributed by atoms with Gasteiger partial charge in [-0.1, -0.05) is 69.9 Å². The highest BCUT2D eigenvalue weighted by molar-refractivity contribution is 5.26. The fraction of sp³-hybridized carbons (Fsp3) is 0.680. The molecule has 0 N–H and O–H groups in total. The number of hydrogen-bond acceptors (Lipinski definition) is 0. The maximum absolute atomic E-state index is 3.94. The Labute approximate surface area is 186 Å². The highest BCUT2D eigenvalue weighted by Gasteiger charge is 2.32. The van der Waals surface area contributed by atoms with Crippen LogP contribution in [0.15, 0.2) is 36.9 Å². The summed E-state index contributed by atoms with van der Waals surface area (Å²) < 4.78 is 1.10. The van der Waals surface area contributed by atoms with Gasteiger partial charge in [0, 0.05) is 12.8 Å². The summed E-state index contributed by atoms with van der Waals surface area (Å²) in [6.45, 7) is 7.31. The molecule has 2 rings (SSSR count). The maximum Gasteiger partial charge on any atom is 0.0969 e. The predicted octanol–water partition coefficient (Wildman–Crippen LogP) is 3.88. The van der Waals surface area contributed by atoms with Crippen LogP contribution in [-0.2, 0) is 6.42 Å². The minimum absolute atomic E-state index is 0. The Morgan fingerprint density at radius 3 is 2.11 bits per heavy atom. The second-order valence-corrected chi connectivity index (χ2v) is 9.01. The first-order chi connectivity index (χ1) is 12.6. The Balaban J connectivity index is 0.00000364. The summed E-state index contributed by atoms with van der Waals surface area (Å²) in [7, 11) is 4.73. The molecule has 1 aromatic carbocycles. The van der Waals surface area contributed by atoms with E-state index in [0.29, 0.717) is 0 Å². The molecule has 0 bridgehead atoms. The van der Waals surface area contributed by atoms with E-state index >= 15 is 0 Å². The Kier molecular flexibility index (Phi) is 11.9. The van der Waals surface area contributed by atoms with Crippen molar-refractivity contribution in [2.75, 3.05) is 20.6 Å². The van der Waals surface area contributed by atoms with E-state index in [1.807, 2.05) is 0 Å². The minimum Gasteiger partial charge on any atom is -1.00 e. The van der Waals surface area contributed by atoms with Crippen LogP contribution in [0.25, 0.3) is 0 Å². The van der Waals surface area contributed by atoms with Crippen LogP contribution in [0.3, 0.4) is 0 Å². The highest BCUT2D eigenvalue weighted by atomic mass is 127. The largest absolute Gasteiger partial charge is 1.00 e. The summed E-state index contributed by atoms with van der Waals surface area (Å²) in [6, 6.07) is 10.4. The molecule has 0 heterocycles. The van der Waals surface area contributed by atoms with E-state index in [9.17, 15) is 0 Å². The molecule has 1 aliphatic rings. The summed E-state index contributed by atoms with van der Waals surface area (Å²) in [5.74, 6) is 0.776. The molecule has 0 amide bonds. The number of hydrogen-bond donors (Lipinski definition) is 0. The SMILES string of the molecule is C=CC[N+](C)(C)C1CCC(c2ccc(CCCCCCCC)cc2)CC1.[I-]. The minimum atomic E-state index is 0. The van der Waals surface area contributed by atoms with Crippen LogP contribution >= 0.6 is 0 Å². The van der Waals surface area contributed by atoms with Crippen LogP contribution in [0.2, 0.25) is 0 Å². The molecule has 1 saturated carbocycles. The lowest BCUT2D eigenvalue weighted by molar-refractivity contribution is -0.911. The van der Waals surface area contributed by atoms with E-state index < -0.39 is 0 Å². The molecule has 1 nitrogen and oxygen atoms in total. The van der Waals surface area contributed by atoms with Crippen molar-refractivity contribution in [2.24, 2.45) is 0 Å². The molecule has 0 unspecified atom stereocenters. The molecular formula is C25H42IN. The zero-order chi connectivity index (χ0) is 18.8. The van der Waals surface area contributed by atoms with E-state index in [-0.39, 0.29) is 24.0 Å². The van der Waals surface area contributed by atoms with Crippen molar-refractivity contribution < 1.29 is 28.5 Å². The number of unbranched alkanes of at least 4 members (excludes halogenated alkanes) is 5. The fourth-order valence-corrected chi connectivity index (χ4v) is 4.66. The fourth-order valence-electron chi connectivity index (χ4n) is 4.66. The number of halogens is 1. The third kappa shape index (κ3) is 8.27. The van der Waals surface area contributed by atoms with Gasteiger partial charge < -0.3 is 28.5 Å². The number of nitrogens with zero attached hydrogens (tertiary/aromatic N) is 1. The lowest BCUT2D eigenvalue weighted by atomic mass is 9.80. The zero-order valence-electron chi connectivity index (χ0n) is 18.1. The third-order valence-corrected chi connectivity index (χ3v) is 6.55. The van der Waals surface area contributed by atoms with E-state index in [0.717, 1.165) is 23.0 Å². The van der Waals surface area contributed by atoms with Crippen LogP contribution < -0.4 is 24.0 Å². The standard InChI is InChI=1S/C25H42N.HI/c1-5-7-8-9-10-11-12-22-13-15-23(16-14-22)24-17-19-25(20-18-24)26(3,4)21-6-2;/h6,13-16,24-25H,2,5,7-12,17-21H2,1,3-4H3;1H/q+1;/p-1. The molecular weight excluding hydrogens is 441 g/mol. The first kappa shape index (κ1) is 24.7. The molecule has 27 heavy (non-hydrogen) atoms. The topological polar surface area (TPSA) is 0 Å². The number of aryl methyl sites for hydroxylation is 1. The van der Waals surface area contributed by atoms with Gasteiger partial charge in [0.05, 0.1) is 26.7 Å². The molecule has 0 saturated heterocycles. The van der Waals surface area contributed by atoms with Gasteiger partial charge in [-0.2, -0.15) is 0 Å². The summed E-state index contributed by atoms with van der Waals surface area (Å²) >= 11 is 0. The van der Waals surface area contributed by atoms with Crippen LogP contribution in [0.5, 0.6) is 0 Å². The van der Waals surface area contributed by atoms with Gasteiger partial charge in [-0.05, 0) is 48.8 Å². The molecule has 0 aliphatic heterocycles. The van der Waals surface area contributed by atoms with E-state index in [1.165, 1.54) is 76.2 Å². The van der Waals surface area contributed by atoms with Crippen molar-refractivity contribution in [2.45, 2.75) is 89.5 Å². The normalized spacial score (nSPS) is 20.1. The van der Waals surface area contributed by atoms with Crippen molar-refractivity contribution in [1.82, 2.24) is 0 Å². The smallest absolute Gasteiger partial charge is 0.0969 e. The summed E-state index contributed by atoms with van der Waals surface area (Å²) in [4.78, 5) is 0. The molecule has 1 fully saturated rings. The monoisotopic (exact) mass is 483 g/mol. The van der Waals surface area contributed by atoms with Crippen molar-refractivity contribution in [3.8, 4) is 0 Å². The summed E-state index contributed by atoms with van der Waals surface area (Å²) in [5, 5.41) is 0. The number of quaternary nitrogens is 1. The van der Waals surface area contributed by atoms with Crippen molar-refractivity contribution in [1.29, 1.82) is 0 Å². The number of benzene rings is 1. The highest BCUT2D eigenvalue weighted by Crippen LogP contribution is 2.36. The molecule has 0 radical (unpaired) electrons. The van der Waals surface area contributed by atoms with Crippen LogP contribution in [-0.4, -0.2) is 31.2 Å². The first-order valence-electron chi connectivity index (χ1n) is 11.1. The van der Waals surface area contributed by atoms with Crippen LogP contribution in [0, 0.1) is 0 Å². The maximum atomic E-state index is 3.94. The molecule has 0 spiro atoms. The third-order valence-electron chi connectivity index (χ3n) is 6.55. The van der Waals surface area contributed by atoms with Gasteiger partial charge in [0.2, 0.25) is 0 Å². The van der Waals surface area contributed by atoms with Gasteiger partial charge in [0.1, 0.15) is 0 Å². The molecule has 1 aromatic rings. The van der Waals surface area contributed by atoms with Gasteiger partial charge in [-0.3, -0.25) is 0 Å². The molecule has 154 valence electrons. The van der Waals surface area contributed by atoms with Gasteiger partial charge >= 0.3 is 0 Å². The first-order valence-corrected chi connectivity index (χ1v) is 11.1. The average molecular weight is 484 g/mol. The number of likely N-dealkylation sites (N-methyl/N-ethyl adjacent to an activating group) is 1. The predicted molar refractivity (Wildman–Crippen MR) is 116 cm³/mol. The Morgan fingerprint density at radius 2 is 1.52 bits per heavy atom. The average Bonchev–Trinajstić information content (AvgIpc) is 2.65. The Morgan fingerprint density at radius 1 is 0.926 bits per heavy atom. The van der Waals surface area contributed by atoms with Crippen molar-refractivity contribution in [3.05, 3.63) is 48.0 Å². The molecule has 1 aliphatic carbocycles. The van der Waals surface area contributed by atoms with E-state index in [1.54, 1.807) is 5.56 Å². The lowest BCUT2D eigenvalue weighted by Crippen LogP contribution is -3.00. The van der Waals surface area contributed by atoms with Crippen LogP contribution in [0.4, 0.5) is 0 Å². The lowest BCUT2D eigenvalue weighted by Gasteiger charge is -2.41. The summed E-state index contributed by atoms with van der Waals surface area (Å²) in [6.07, 6.45) is 17.1. The zero-order valence-corrected chi connectivity index (χ0v) is 20.2. The molecule has 0 atom stereocenters. The molecule has 2 heteroatoms.